The van der Waals surface area contributed by atoms with Crippen molar-refractivity contribution in [3.63, 3.8) is 0 Å². The average molecular weight is 343 g/mol. The summed E-state index contributed by atoms with van der Waals surface area (Å²) in [5.41, 5.74) is 7.52. The van der Waals surface area contributed by atoms with Crippen molar-refractivity contribution in [3.05, 3.63) is 33.4 Å². The quantitative estimate of drug-likeness (QED) is 0.923. The van der Waals surface area contributed by atoms with Crippen molar-refractivity contribution in [2.24, 2.45) is 0 Å². The first-order valence-electron chi connectivity index (χ1n) is 5.72. The standard InChI is InChI=1S/C13H13BrClN3O/c1-3-9-11(14)12(16)18-13(17-9)8-5-4-7(15)6-10(8)19-2/h4-6H,3H2,1-2H3,(H2,16,17,18). The van der Waals surface area contributed by atoms with Crippen molar-refractivity contribution >= 4 is 33.3 Å². The smallest absolute Gasteiger partial charge is 0.165 e. The van der Waals surface area contributed by atoms with Crippen LogP contribution in [-0.2, 0) is 6.42 Å². The highest BCUT2D eigenvalue weighted by Crippen LogP contribution is 2.32. The zero-order valence-corrected chi connectivity index (χ0v) is 12.9. The lowest BCUT2D eigenvalue weighted by molar-refractivity contribution is 0.416. The lowest BCUT2D eigenvalue weighted by Gasteiger charge is -2.11. The Balaban J connectivity index is 2.62. The summed E-state index contributed by atoms with van der Waals surface area (Å²) in [4.78, 5) is 8.79. The summed E-state index contributed by atoms with van der Waals surface area (Å²) in [6.07, 6.45) is 0.760. The average Bonchev–Trinajstić information content (AvgIpc) is 2.41. The van der Waals surface area contributed by atoms with E-state index in [9.17, 15) is 0 Å². The maximum atomic E-state index is 5.95. The Morgan fingerprint density at radius 3 is 2.74 bits per heavy atom. The molecule has 19 heavy (non-hydrogen) atoms. The molecule has 1 aromatic carbocycles. The topological polar surface area (TPSA) is 61.0 Å². The summed E-state index contributed by atoms with van der Waals surface area (Å²) in [6.45, 7) is 2.01. The van der Waals surface area contributed by atoms with Crippen LogP contribution in [0.15, 0.2) is 22.7 Å². The fraction of sp³-hybridized carbons (Fsp3) is 0.231. The van der Waals surface area contributed by atoms with Gasteiger partial charge in [0.2, 0.25) is 0 Å². The molecule has 0 bridgehead atoms. The van der Waals surface area contributed by atoms with E-state index in [0.717, 1.165) is 22.2 Å². The van der Waals surface area contributed by atoms with Gasteiger partial charge < -0.3 is 10.5 Å². The minimum absolute atomic E-state index is 0.416. The van der Waals surface area contributed by atoms with Crippen LogP contribution in [0.2, 0.25) is 5.02 Å². The van der Waals surface area contributed by atoms with Gasteiger partial charge in [0.1, 0.15) is 11.6 Å². The van der Waals surface area contributed by atoms with Crippen LogP contribution in [0.3, 0.4) is 0 Å². The van der Waals surface area contributed by atoms with Crippen LogP contribution in [-0.4, -0.2) is 17.1 Å². The number of rotatable bonds is 3. The molecular formula is C13H13BrClN3O. The Morgan fingerprint density at radius 2 is 2.11 bits per heavy atom. The molecule has 2 aromatic rings. The number of nitrogen functional groups attached to an aromatic ring is 1. The first-order chi connectivity index (χ1) is 9.06. The SMILES string of the molecule is CCc1nc(-c2ccc(Cl)cc2OC)nc(N)c1Br. The third-order valence-corrected chi connectivity index (χ3v) is 3.78. The molecule has 100 valence electrons. The fourth-order valence-electron chi connectivity index (χ4n) is 1.72. The van der Waals surface area contributed by atoms with Gasteiger partial charge in [-0.15, -0.1) is 0 Å². The number of hydrogen-bond donors (Lipinski definition) is 1. The van der Waals surface area contributed by atoms with Gasteiger partial charge in [-0.2, -0.15) is 0 Å². The summed E-state index contributed by atoms with van der Waals surface area (Å²) in [7, 11) is 1.58. The van der Waals surface area contributed by atoms with Crippen LogP contribution in [0.25, 0.3) is 11.4 Å². The third kappa shape index (κ3) is 2.82. The van der Waals surface area contributed by atoms with Crippen molar-refractivity contribution in [2.45, 2.75) is 13.3 Å². The second-order valence-electron chi connectivity index (χ2n) is 3.89. The van der Waals surface area contributed by atoms with Crippen molar-refractivity contribution in [2.75, 3.05) is 12.8 Å². The van der Waals surface area contributed by atoms with E-state index in [4.69, 9.17) is 22.1 Å². The molecule has 0 unspecified atom stereocenters. The minimum atomic E-state index is 0.416. The highest BCUT2D eigenvalue weighted by molar-refractivity contribution is 9.10. The number of ether oxygens (including phenoxy) is 1. The molecule has 0 amide bonds. The van der Waals surface area contributed by atoms with Crippen LogP contribution in [0, 0.1) is 0 Å². The van der Waals surface area contributed by atoms with Crippen molar-refractivity contribution in [1.29, 1.82) is 0 Å². The van der Waals surface area contributed by atoms with Crippen molar-refractivity contribution in [1.82, 2.24) is 9.97 Å². The molecule has 4 nitrogen and oxygen atoms in total. The van der Waals surface area contributed by atoms with E-state index < -0.39 is 0 Å². The molecule has 0 aliphatic heterocycles. The van der Waals surface area contributed by atoms with E-state index in [2.05, 4.69) is 25.9 Å². The molecule has 0 saturated carbocycles. The molecule has 2 N–H and O–H groups in total. The largest absolute Gasteiger partial charge is 0.496 e. The Bertz CT molecular complexity index is 619. The molecule has 0 spiro atoms. The molecule has 1 heterocycles. The van der Waals surface area contributed by atoms with Gasteiger partial charge in [0, 0.05) is 5.02 Å². The molecule has 2 rings (SSSR count). The molecule has 1 aromatic heterocycles. The van der Waals surface area contributed by atoms with Crippen LogP contribution in [0.1, 0.15) is 12.6 Å². The summed E-state index contributed by atoms with van der Waals surface area (Å²) >= 11 is 9.34. The van der Waals surface area contributed by atoms with Crippen LogP contribution < -0.4 is 10.5 Å². The zero-order chi connectivity index (χ0) is 14.0. The highest BCUT2D eigenvalue weighted by Gasteiger charge is 2.14. The first-order valence-corrected chi connectivity index (χ1v) is 6.89. The molecule has 0 aliphatic carbocycles. The maximum Gasteiger partial charge on any atom is 0.165 e. The number of aryl methyl sites for hydroxylation is 1. The Hall–Kier alpha value is -1.33. The lowest BCUT2D eigenvalue weighted by Crippen LogP contribution is -2.03. The minimum Gasteiger partial charge on any atom is -0.496 e. The number of aromatic nitrogens is 2. The Labute approximate surface area is 125 Å². The molecule has 0 radical (unpaired) electrons. The highest BCUT2D eigenvalue weighted by atomic mass is 79.9. The predicted molar refractivity (Wildman–Crippen MR) is 80.5 cm³/mol. The van der Waals surface area contributed by atoms with Gasteiger partial charge in [0.25, 0.3) is 0 Å². The predicted octanol–water partition coefficient (Wildman–Crippen LogP) is 3.71. The van der Waals surface area contributed by atoms with Crippen molar-refractivity contribution < 1.29 is 4.74 Å². The van der Waals surface area contributed by atoms with Crippen LogP contribution >= 0.6 is 27.5 Å². The van der Waals surface area contributed by atoms with E-state index in [0.29, 0.717) is 22.4 Å². The summed E-state index contributed by atoms with van der Waals surface area (Å²) in [5, 5.41) is 0.599. The number of benzene rings is 1. The number of methoxy groups -OCH3 is 1. The van der Waals surface area contributed by atoms with Crippen molar-refractivity contribution in [3.8, 4) is 17.1 Å². The van der Waals surface area contributed by atoms with Gasteiger partial charge in [-0.05, 0) is 40.5 Å². The van der Waals surface area contributed by atoms with E-state index in [1.54, 1.807) is 19.2 Å². The van der Waals surface area contributed by atoms with Gasteiger partial charge in [-0.3, -0.25) is 0 Å². The number of nitrogens with two attached hydrogens (primary N) is 1. The van der Waals surface area contributed by atoms with Gasteiger partial charge >= 0.3 is 0 Å². The van der Waals surface area contributed by atoms with Crippen LogP contribution in [0.4, 0.5) is 5.82 Å². The number of hydrogen-bond acceptors (Lipinski definition) is 4. The number of nitrogens with zero attached hydrogens (tertiary/aromatic N) is 2. The van der Waals surface area contributed by atoms with E-state index in [1.807, 2.05) is 13.0 Å². The third-order valence-electron chi connectivity index (χ3n) is 2.68. The number of anilines is 1. The monoisotopic (exact) mass is 341 g/mol. The van der Waals surface area contributed by atoms with E-state index >= 15 is 0 Å². The normalized spacial score (nSPS) is 10.5. The molecular weight excluding hydrogens is 330 g/mol. The molecule has 0 aliphatic rings. The van der Waals surface area contributed by atoms with Gasteiger partial charge in [-0.1, -0.05) is 18.5 Å². The zero-order valence-electron chi connectivity index (χ0n) is 10.6. The summed E-state index contributed by atoms with van der Waals surface area (Å²) in [6, 6.07) is 5.32. The molecule has 0 atom stereocenters. The second-order valence-corrected chi connectivity index (χ2v) is 5.12. The first kappa shape index (κ1) is 14.1. The summed E-state index contributed by atoms with van der Waals surface area (Å²) in [5.74, 6) is 1.57. The molecule has 6 heteroatoms. The Morgan fingerprint density at radius 1 is 1.37 bits per heavy atom. The van der Waals surface area contributed by atoms with Gasteiger partial charge in [0.15, 0.2) is 5.82 Å². The summed E-state index contributed by atoms with van der Waals surface area (Å²) < 4.78 is 6.05. The Kier molecular flexibility index (Phi) is 4.27. The van der Waals surface area contributed by atoms with Gasteiger partial charge in [0.05, 0.1) is 22.8 Å². The van der Waals surface area contributed by atoms with Gasteiger partial charge in [-0.25, -0.2) is 9.97 Å². The fourth-order valence-corrected chi connectivity index (χ4v) is 2.34. The molecule has 0 saturated heterocycles. The van der Waals surface area contributed by atoms with Crippen LogP contribution in [0.5, 0.6) is 5.75 Å². The lowest BCUT2D eigenvalue weighted by atomic mass is 10.1. The van der Waals surface area contributed by atoms with E-state index in [-0.39, 0.29) is 0 Å². The maximum absolute atomic E-state index is 5.95. The second kappa shape index (κ2) is 5.75. The number of halogens is 2. The molecule has 0 fully saturated rings. The van der Waals surface area contributed by atoms with E-state index in [1.165, 1.54) is 0 Å².